The Bertz CT molecular complexity index is 222. The number of nitrogens with one attached hydrogen (secondary N) is 1. The van der Waals surface area contributed by atoms with Gasteiger partial charge in [0.15, 0.2) is 0 Å². The van der Waals surface area contributed by atoms with Crippen molar-refractivity contribution in [2.45, 2.75) is 44.9 Å². The van der Waals surface area contributed by atoms with Gasteiger partial charge >= 0.3 is 0 Å². The van der Waals surface area contributed by atoms with Crippen LogP contribution in [0.3, 0.4) is 0 Å². The first-order chi connectivity index (χ1) is 7.07. The Morgan fingerprint density at radius 1 is 1.53 bits per heavy atom. The van der Waals surface area contributed by atoms with E-state index in [0.717, 1.165) is 18.9 Å². The van der Waals surface area contributed by atoms with Crippen LogP contribution in [0.2, 0.25) is 0 Å². The zero-order valence-electron chi connectivity index (χ0n) is 10.3. The summed E-state index contributed by atoms with van der Waals surface area (Å²) >= 11 is 0. The van der Waals surface area contributed by atoms with Crippen LogP contribution in [0.25, 0.3) is 0 Å². The molecule has 2 fully saturated rings. The molecule has 2 aliphatic rings. The molecule has 0 aromatic rings. The van der Waals surface area contributed by atoms with Crippen LogP contribution in [-0.2, 0) is 4.74 Å². The summed E-state index contributed by atoms with van der Waals surface area (Å²) in [7, 11) is 2.22. The van der Waals surface area contributed by atoms with Crippen molar-refractivity contribution in [3.63, 3.8) is 0 Å². The first kappa shape index (κ1) is 11.4. The topological polar surface area (TPSA) is 24.5 Å². The van der Waals surface area contributed by atoms with Gasteiger partial charge in [-0.25, -0.2) is 0 Å². The number of nitrogens with zero attached hydrogens (tertiary/aromatic N) is 1. The average molecular weight is 212 g/mol. The minimum absolute atomic E-state index is 0.0672. The molecule has 0 radical (unpaired) electrons. The van der Waals surface area contributed by atoms with E-state index < -0.39 is 0 Å². The molecule has 15 heavy (non-hydrogen) atoms. The summed E-state index contributed by atoms with van der Waals surface area (Å²) in [6.45, 7) is 7.75. The Balaban J connectivity index is 1.85. The highest BCUT2D eigenvalue weighted by Gasteiger charge is 2.36. The molecule has 0 aromatic heterocycles. The number of hydrogen-bond acceptors (Lipinski definition) is 3. The number of piperidine rings is 1. The van der Waals surface area contributed by atoms with Crippen molar-refractivity contribution < 1.29 is 4.74 Å². The summed E-state index contributed by atoms with van der Waals surface area (Å²) in [5.41, 5.74) is -0.0672. The molecule has 3 unspecified atom stereocenters. The summed E-state index contributed by atoms with van der Waals surface area (Å²) in [4.78, 5) is 2.44. The van der Waals surface area contributed by atoms with E-state index in [0.29, 0.717) is 6.04 Å². The van der Waals surface area contributed by atoms with Gasteiger partial charge in [0.05, 0.1) is 6.61 Å². The Hall–Kier alpha value is -0.120. The second-order valence-corrected chi connectivity index (χ2v) is 5.56. The highest BCUT2D eigenvalue weighted by Crippen LogP contribution is 2.28. The van der Waals surface area contributed by atoms with Gasteiger partial charge < -0.3 is 9.64 Å². The van der Waals surface area contributed by atoms with Gasteiger partial charge in [-0.2, -0.15) is 0 Å². The molecule has 0 aromatic carbocycles. The van der Waals surface area contributed by atoms with Crippen LogP contribution in [-0.4, -0.2) is 43.4 Å². The van der Waals surface area contributed by atoms with Crippen LogP contribution in [0.5, 0.6) is 0 Å². The standard InChI is InChI=1S/C12H24N2O/c1-10-9-15-12(2,13-10)7-11-5-4-6-14(3)8-11/h10-11,13H,4-9H2,1-3H3. The third-order valence-electron chi connectivity index (χ3n) is 3.60. The van der Waals surface area contributed by atoms with E-state index in [9.17, 15) is 0 Å². The number of rotatable bonds is 2. The molecule has 3 heteroatoms. The zero-order chi connectivity index (χ0) is 10.9. The van der Waals surface area contributed by atoms with Gasteiger partial charge in [0.25, 0.3) is 0 Å². The van der Waals surface area contributed by atoms with Crippen molar-refractivity contribution in [2.75, 3.05) is 26.7 Å². The van der Waals surface area contributed by atoms with Gasteiger partial charge in [0, 0.05) is 12.6 Å². The molecule has 88 valence electrons. The lowest BCUT2D eigenvalue weighted by atomic mass is 9.90. The van der Waals surface area contributed by atoms with Crippen molar-refractivity contribution in [1.29, 1.82) is 0 Å². The van der Waals surface area contributed by atoms with Gasteiger partial charge in [-0.05, 0) is 52.6 Å². The first-order valence-corrected chi connectivity index (χ1v) is 6.18. The van der Waals surface area contributed by atoms with E-state index in [1.807, 2.05) is 0 Å². The normalized spacial score (nSPS) is 43.4. The summed E-state index contributed by atoms with van der Waals surface area (Å²) in [5.74, 6) is 0.798. The molecule has 3 nitrogen and oxygen atoms in total. The first-order valence-electron chi connectivity index (χ1n) is 6.18. The van der Waals surface area contributed by atoms with Crippen molar-refractivity contribution in [3.8, 4) is 0 Å². The lowest BCUT2D eigenvalue weighted by Gasteiger charge is -2.35. The lowest BCUT2D eigenvalue weighted by molar-refractivity contribution is -0.0211. The Morgan fingerprint density at radius 2 is 2.33 bits per heavy atom. The number of likely N-dealkylation sites (tertiary alicyclic amines) is 1. The van der Waals surface area contributed by atoms with Crippen LogP contribution < -0.4 is 5.32 Å². The predicted octanol–water partition coefficient (Wildman–Crippen LogP) is 1.44. The smallest absolute Gasteiger partial charge is 0.117 e. The number of hydrogen-bond donors (Lipinski definition) is 1. The van der Waals surface area contributed by atoms with E-state index in [4.69, 9.17) is 4.74 Å². The van der Waals surface area contributed by atoms with E-state index >= 15 is 0 Å². The largest absolute Gasteiger partial charge is 0.359 e. The van der Waals surface area contributed by atoms with Gasteiger partial charge in [0.2, 0.25) is 0 Å². The third kappa shape index (κ3) is 2.92. The molecular formula is C12H24N2O. The maximum absolute atomic E-state index is 5.86. The molecule has 0 spiro atoms. The molecule has 0 aliphatic carbocycles. The van der Waals surface area contributed by atoms with Crippen LogP contribution >= 0.6 is 0 Å². The highest BCUT2D eigenvalue weighted by molar-refractivity contribution is 4.86. The van der Waals surface area contributed by atoms with E-state index in [2.05, 4.69) is 31.1 Å². The van der Waals surface area contributed by atoms with Gasteiger partial charge in [-0.15, -0.1) is 0 Å². The fraction of sp³-hybridized carbons (Fsp3) is 1.00. The van der Waals surface area contributed by atoms with Crippen LogP contribution in [0.4, 0.5) is 0 Å². The van der Waals surface area contributed by atoms with E-state index in [-0.39, 0.29) is 5.72 Å². The Labute approximate surface area is 93.2 Å². The fourth-order valence-corrected chi connectivity index (χ4v) is 3.02. The summed E-state index contributed by atoms with van der Waals surface area (Å²) in [6, 6.07) is 0.510. The Morgan fingerprint density at radius 3 is 2.93 bits per heavy atom. The van der Waals surface area contributed by atoms with Gasteiger partial charge in [-0.1, -0.05) is 0 Å². The third-order valence-corrected chi connectivity index (χ3v) is 3.60. The van der Waals surface area contributed by atoms with Crippen molar-refractivity contribution >= 4 is 0 Å². The molecule has 2 heterocycles. The van der Waals surface area contributed by atoms with Crippen LogP contribution in [0.15, 0.2) is 0 Å². The summed E-state index contributed by atoms with van der Waals surface area (Å²) < 4.78 is 5.86. The quantitative estimate of drug-likeness (QED) is 0.749. The van der Waals surface area contributed by atoms with Gasteiger partial charge in [0.1, 0.15) is 5.72 Å². The maximum Gasteiger partial charge on any atom is 0.117 e. The molecule has 1 N–H and O–H groups in total. The van der Waals surface area contributed by atoms with Crippen LogP contribution in [0.1, 0.15) is 33.1 Å². The van der Waals surface area contributed by atoms with E-state index in [1.54, 1.807) is 0 Å². The molecule has 0 bridgehead atoms. The van der Waals surface area contributed by atoms with E-state index in [1.165, 1.54) is 25.9 Å². The fourth-order valence-electron chi connectivity index (χ4n) is 3.02. The van der Waals surface area contributed by atoms with Crippen molar-refractivity contribution in [3.05, 3.63) is 0 Å². The maximum atomic E-state index is 5.86. The van der Waals surface area contributed by atoms with Gasteiger partial charge in [-0.3, -0.25) is 5.32 Å². The molecule has 2 aliphatic heterocycles. The average Bonchev–Trinajstić information content (AvgIpc) is 2.45. The molecule has 2 saturated heterocycles. The molecule has 3 atom stereocenters. The predicted molar refractivity (Wildman–Crippen MR) is 61.8 cm³/mol. The summed E-state index contributed by atoms with van der Waals surface area (Å²) in [5, 5.41) is 3.55. The molecule has 2 rings (SSSR count). The van der Waals surface area contributed by atoms with Crippen molar-refractivity contribution in [1.82, 2.24) is 10.2 Å². The summed E-state index contributed by atoms with van der Waals surface area (Å²) in [6.07, 6.45) is 3.85. The molecule has 0 saturated carbocycles. The second kappa shape index (κ2) is 4.40. The minimum atomic E-state index is -0.0672. The SMILES string of the molecule is CC1COC(C)(CC2CCCN(C)C2)N1. The molecular weight excluding hydrogens is 188 g/mol. The monoisotopic (exact) mass is 212 g/mol. The molecule has 0 amide bonds. The Kier molecular flexibility index (Phi) is 3.33. The minimum Gasteiger partial charge on any atom is -0.359 e. The lowest BCUT2D eigenvalue weighted by Crippen LogP contribution is -2.44. The zero-order valence-corrected chi connectivity index (χ0v) is 10.3. The second-order valence-electron chi connectivity index (χ2n) is 5.56. The van der Waals surface area contributed by atoms with Crippen LogP contribution in [0, 0.1) is 5.92 Å². The van der Waals surface area contributed by atoms with Crippen molar-refractivity contribution in [2.24, 2.45) is 5.92 Å². The number of ether oxygens (including phenoxy) is 1. The highest BCUT2D eigenvalue weighted by atomic mass is 16.5.